The topological polar surface area (TPSA) is 69.7 Å². The second kappa shape index (κ2) is 8.99. The van der Waals surface area contributed by atoms with Gasteiger partial charge in [-0.15, -0.1) is 11.8 Å². The smallest absolute Gasteiger partial charge is 0.246 e. The van der Waals surface area contributed by atoms with Gasteiger partial charge in [0.05, 0.1) is 17.1 Å². The second-order valence-corrected chi connectivity index (χ2v) is 11.1. The molecule has 0 saturated carbocycles. The third-order valence-corrected chi connectivity index (χ3v) is 8.70. The number of benzene rings is 2. The van der Waals surface area contributed by atoms with E-state index >= 15 is 0 Å². The van der Waals surface area contributed by atoms with Crippen LogP contribution in [0.25, 0.3) is 0 Å². The summed E-state index contributed by atoms with van der Waals surface area (Å²) in [6.45, 7) is 4.21. The quantitative estimate of drug-likeness (QED) is 0.758. The van der Waals surface area contributed by atoms with Crippen molar-refractivity contribution in [2.75, 3.05) is 36.4 Å². The molecule has 30 heavy (non-hydrogen) atoms. The lowest BCUT2D eigenvalue weighted by Crippen LogP contribution is -2.36. The predicted octanol–water partition coefficient (Wildman–Crippen LogP) is 3.80. The molecule has 4 rings (SSSR count). The summed E-state index contributed by atoms with van der Waals surface area (Å²) in [4.78, 5) is 16.2. The van der Waals surface area contributed by atoms with Crippen molar-refractivity contribution < 1.29 is 13.2 Å². The van der Waals surface area contributed by atoms with Gasteiger partial charge >= 0.3 is 0 Å². The van der Waals surface area contributed by atoms with Crippen LogP contribution < -0.4 is 10.2 Å². The molecule has 8 heteroatoms. The number of carbonyl (C=O) groups is 1. The molecule has 0 aromatic heterocycles. The first kappa shape index (κ1) is 21.2. The summed E-state index contributed by atoms with van der Waals surface area (Å²) in [6.07, 6.45) is 2.77. The minimum Gasteiger partial charge on any atom is -0.376 e. The molecule has 2 aromatic carbocycles. The molecule has 1 fully saturated rings. The van der Waals surface area contributed by atoms with Crippen molar-refractivity contribution in [2.45, 2.75) is 41.2 Å². The van der Waals surface area contributed by atoms with Crippen LogP contribution in [0.1, 0.15) is 26.2 Å². The zero-order valence-electron chi connectivity index (χ0n) is 17.1. The minimum absolute atomic E-state index is 0.00548. The van der Waals surface area contributed by atoms with Gasteiger partial charge < -0.3 is 10.2 Å². The van der Waals surface area contributed by atoms with E-state index in [4.69, 9.17) is 0 Å². The van der Waals surface area contributed by atoms with Crippen molar-refractivity contribution in [3.8, 4) is 0 Å². The van der Waals surface area contributed by atoms with E-state index < -0.39 is 10.0 Å². The summed E-state index contributed by atoms with van der Waals surface area (Å²) in [5, 5.41) is 3.61. The molecule has 160 valence electrons. The lowest BCUT2D eigenvalue weighted by atomic mass is 10.2. The molecular weight excluding hydrogens is 418 g/mol. The Balaban J connectivity index is 1.42. The molecular formula is C22H27N3O3S2. The van der Waals surface area contributed by atoms with E-state index in [0.29, 0.717) is 29.8 Å². The Hall–Kier alpha value is -2.03. The molecule has 1 saturated heterocycles. The third-order valence-electron chi connectivity index (χ3n) is 5.55. The average molecular weight is 446 g/mol. The fraction of sp³-hybridized carbons (Fsp3) is 0.409. The number of thioether (sulfide) groups is 1. The van der Waals surface area contributed by atoms with Gasteiger partial charge in [-0.2, -0.15) is 4.31 Å². The average Bonchev–Trinajstić information content (AvgIpc) is 3.24. The van der Waals surface area contributed by atoms with Crippen LogP contribution in [0.4, 0.5) is 11.4 Å². The van der Waals surface area contributed by atoms with Crippen molar-refractivity contribution in [3.05, 3.63) is 48.5 Å². The van der Waals surface area contributed by atoms with Gasteiger partial charge in [0.15, 0.2) is 0 Å². The summed E-state index contributed by atoms with van der Waals surface area (Å²) < 4.78 is 26.8. The highest BCUT2D eigenvalue weighted by molar-refractivity contribution is 8.00. The summed E-state index contributed by atoms with van der Waals surface area (Å²) in [6, 6.07) is 14.7. The van der Waals surface area contributed by atoms with Crippen molar-refractivity contribution in [1.82, 2.24) is 4.31 Å². The zero-order valence-corrected chi connectivity index (χ0v) is 18.7. The number of sulfonamides is 1. The lowest BCUT2D eigenvalue weighted by Gasteiger charge is -2.23. The van der Waals surface area contributed by atoms with E-state index in [0.717, 1.165) is 35.5 Å². The maximum Gasteiger partial charge on any atom is 0.246 e. The molecule has 1 N–H and O–H groups in total. The SMILES string of the molecule is C[C@H]1CCN(C(=O)CNc2ccc(S(=O)(=O)N3CCCC3)cc2)c2ccccc2S1. The molecule has 0 aliphatic carbocycles. The molecule has 0 unspecified atom stereocenters. The monoisotopic (exact) mass is 445 g/mol. The van der Waals surface area contributed by atoms with E-state index in [1.807, 2.05) is 34.9 Å². The minimum atomic E-state index is -3.42. The first-order valence-electron chi connectivity index (χ1n) is 10.4. The molecule has 0 radical (unpaired) electrons. The summed E-state index contributed by atoms with van der Waals surface area (Å²) in [5.74, 6) is 0.00548. The van der Waals surface area contributed by atoms with Crippen LogP contribution >= 0.6 is 11.8 Å². The zero-order chi connectivity index (χ0) is 21.1. The van der Waals surface area contributed by atoms with Crippen LogP contribution in [0.3, 0.4) is 0 Å². The summed E-state index contributed by atoms with van der Waals surface area (Å²) in [7, 11) is -3.42. The Morgan fingerprint density at radius 3 is 2.50 bits per heavy atom. The van der Waals surface area contributed by atoms with E-state index in [1.165, 1.54) is 4.31 Å². The van der Waals surface area contributed by atoms with Gasteiger partial charge in [0.25, 0.3) is 0 Å². The molecule has 1 atom stereocenters. The first-order chi connectivity index (χ1) is 14.4. The van der Waals surface area contributed by atoms with Crippen LogP contribution in [0.5, 0.6) is 0 Å². The number of fused-ring (bicyclic) bond motifs is 1. The Morgan fingerprint density at radius 1 is 1.07 bits per heavy atom. The number of carbonyl (C=O) groups excluding carboxylic acids is 1. The normalized spacial score (nSPS) is 19.9. The predicted molar refractivity (Wildman–Crippen MR) is 122 cm³/mol. The maximum absolute atomic E-state index is 12.9. The molecule has 0 bridgehead atoms. The standard InChI is InChI=1S/C22H27N3O3S2/c1-17-12-15-25(20-6-2-3-7-21(20)29-17)22(26)16-23-18-8-10-19(11-9-18)30(27,28)24-13-4-5-14-24/h2-3,6-11,17,23H,4-5,12-16H2,1H3/t17-/m0/s1. The Morgan fingerprint density at radius 2 is 1.77 bits per heavy atom. The number of rotatable bonds is 5. The fourth-order valence-corrected chi connectivity index (χ4v) is 6.47. The second-order valence-electron chi connectivity index (χ2n) is 7.72. The van der Waals surface area contributed by atoms with Crippen molar-refractivity contribution >= 4 is 39.1 Å². The Kier molecular flexibility index (Phi) is 6.36. The van der Waals surface area contributed by atoms with E-state index in [-0.39, 0.29) is 12.5 Å². The van der Waals surface area contributed by atoms with Crippen LogP contribution in [-0.4, -0.2) is 50.1 Å². The maximum atomic E-state index is 12.9. The van der Waals surface area contributed by atoms with Gasteiger partial charge in [-0.3, -0.25) is 4.79 Å². The van der Waals surface area contributed by atoms with Crippen molar-refractivity contribution in [1.29, 1.82) is 0 Å². The van der Waals surface area contributed by atoms with E-state index in [1.54, 1.807) is 24.3 Å². The molecule has 2 aromatic rings. The van der Waals surface area contributed by atoms with Gasteiger partial charge in [0.1, 0.15) is 0 Å². The third kappa shape index (κ3) is 4.50. The van der Waals surface area contributed by atoms with Gasteiger partial charge in [-0.1, -0.05) is 19.1 Å². The van der Waals surface area contributed by atoms with Crippen LogP contribution in [0.15, 0.2) is 58.3 Å². The molecule has 2 aliphatic heterocycles. The Labute approximate surface area is 182 Å². The van der Waals surface area contributed by atoms with Crippen molar-refractivity contribution in [2.24, 2.45) is 0 Å². The Bertz CT molecular complexity index is 1000. The number of hydrogen-bond donors (Lipinski definition) is 1. The van der Waals surface area contributed by atoms with Crippen LogP contribution in [0, 0.1) is 0 Å². The highest BCUT2D eigenvalue weighted by Gasteiger charge is 2.27. The molecule has 2 aliphatic rings. The number of anilines is 2. The largest absolute Gasteiger partial charge is 0.376 e. The van der Waals surface area contributed by atoms with E-state index in [2.05, 4.69) is 18.3 Å². The summed E-state index contributed by atoms with van der Waals surface area (Å²) >= 11 is 1.81. The number of hydrogen-bond acceptors (Lipinski definition) is 5. The highest BCUT2D eigenvalue weighted by atomic mass is 32.2. The molecule has 6 nitrogen and oxygen atoms in total. The highest BCUT2D eigenvalue weighted by Crippen LogP contribution is 2.37. The number of amides is 1. The molecule has 0 spiro atoms. The van der Waals surface area contributed by atoms with Gasteiger partial charge in [0.2, 0.25) is 15.9 Å². The van der Waals surface area contributed by atoms with Crippen LogP contribution in [-0.2, 0) is 14.8 Å². The van der Waals surface area contributed by atoms with Gasteiger partial charge in [-0.25, -0.2) is 8.42 Å². The molecule has 2 heterocycles. The lowest BCUT2D eigenvalue weighted by molar-refractivity contribution is -0.117. The van der Waals surface area contributed by atoms with E-state index in [9.17, 15) is 13.2 Å². The summed E-state index contributed by atoms with van der Waals surface area (Å²) in [5.41, 5.74) is 1.69. The fourth-order valence-electron chi connectivity index (χ4n) is 3.84. The van der Waals surface area contributed by atoms with Crippen molar-refractivity contribution in [3.63, 3.8) is 0 Å². The van der Waals surface area contributed by atoms with Crippen LogP contribution in [0.2, 0.25) is 0 Å². The molecule has 1 amide bonds. The first-order valence-corrected chi connectivity index (χ1v) is 12.7. The number of nitrogens with zero attached hydrogens (tertiary/aromatic N) is 2. The van der Waals surface area contributed by atoms with Gasteiger partial charge in [0, 0.05) is 35.5 Å². The van der Waals surface area contributed by atoms with Gasteiger partial charge in [-0.05, 0) is 55.7 Å². The number of para-hydroxylation sites is 1. The number of nitrogens with one attached hydrogen (secondary N) is 1.